The highest BCUT2D eigenvalue weighted by molar-refractivity contribution is 8.01. The number of fused-ring (bicyclic) bond motifs is 1. The Labute approximate surface area is 185 Å². The maximum Gasteiger partial charge on any atom is 0.258 e. The van der Waals surface area contributed by atoms with Gasteiger partial charge in [-0.25, -0.2) is 0 Å². The van der Waals surface area contributed by atoms with Gasteiger partial charge in [-0.1, -0.05) is 24.6 Å². The Kier molecular flexibility index (Phi) is 5.97. The Morgan fingerprint density at radius 3 is 2.53 bits per heavy atom. The number of hydrogen-bond acceptors (Lipinski definition) is 4. The maximum absolute atomic E-state index is 13.1. The van der Waals surface area contributed by atoms with Crippen molar-refractivity contribution in [2.24, 2.45) is 0 Å². The number of aryl methyl sites for hydroxylation is 3. The second-order valence-electron chi connectivity index (χ2n) is 7.39. The number of carbonyl (C=O) groups excluding carboxylic acids is 2. The fourth-order valence-corrected chi connectivity index (χ4v) is 5.97. The van der Waals surface area contributed by atoms with E-state index < -0.39 is 0 Å². The molecule has 0 spiro atoms. The molecule has 0 fully saturated rings. The third kappa shape index (κ3) is 4.16. The topological polar surface area (TPSA) is 49.4 Å². The first kappa shape index (κ1) is 20.7. The Morgan fingerprint density at radius 1 is 1.07 bits per heavy atom. The molecular weight excluding hydrogens is 412 g/mol. The van der Waals surface area contributed by atoms with E-state index in [1.807, 2.05) is 48.7 Å². The van der Waals surface area contributed by atoms with Gasteiger partial charge in [0.2, 0.25) is 0 Å². The Balaban J connectivity index is 1.49. The Morgan fingerprint density at radius 2 is 1.83 bits per heavy atom. The van der Waals surface area contributed by atoms with Gasteiger partial charge in [0.1, 0.15) is 0 Å². The van der Waals surface area contributed by atoms with Crippen molar-refractivity contribution in [3.05, 3.63) is 75.7 Å². The molecule has 1 aliphatic heterocycles. The van der Waals surface area contributed by atoms with Crippen LogP contribution in [0.25, 0.3) is 0 Å². The summed E-state index contributed by atoms with van der Waals surface area (Å²) in [6, 6.07) is 15.1. The number of hydrogen-bond donors (Lipinski definition) is 1. The molecule has 0 saturated carbocycles. The van der Waals surface area contributed by atoms with Gasteiger partial charge >= 0.3 is 0 Å². The van der Waals surface area contributed by atoms with Crippen LogP contribution in [0.1, 0.15) is 43.6 Å². The van der Waals surface area contributed by atoms with E-state index in [4.69, 9.17) is 0 Å². The molecule has 154 valence electrons. The summed E-state index contributed by atoms with van der Waals surface area (Å²) in [5, 5.41) is 2.93. The highest BCUT2D eigenvalue weighted by atomic mass is 32.2. The number of anilines is 2. The Hall–Kier alpha value is -2.57. The normalized spacial score (nSPS) is 13.1. The van der Waals surface area contributed by atoms with Crippen LogP contribution in [-0.4, -0.2) is 24.1 Å². The molecule has 2 heterocycles. The van der Waals surface area contributed by atoms with Crippen LogP contribution < -0.4 is 10.2 Å². The quantitative estimate of drug-likeness (QED) is 0.551. The number of benzene rings is 2. The summed E-state index contributed by atoms with van der Waals surface area (Å²) in [4.78, 5) is 28.9. The second kappa shape index (κ2) is 8.66. The summed E-state index contributed by atoms with van der Waals surface area (Å²) >= 11 is 3.61. The van der Waals surface area contributed by atoms with Crippen molar-refractivity contribution in [2.75, 3.05) is 22.5 Å². The van der Waals surface area contributed by atoms with Crippen molar-refractivity contribution in [1.82, 2.24) is 0 Å². The largest absolute Gasteiger partial charge is 0.322 e. The van der Waals surface area contributed by atoms with Gasteiger partial charge in [-0.05, 0) is 62.2 Å². The first-order valence-corrected chi connectivity index (χ1v) is 11.8. The first-order valence-electron chi connectivity index (χ1n) is 10.0. The summed E-state index contributed by atoms with van der Waals surface area (Å²) in [6.45, 7) is 6.79. The third-order valence-electron chi connectivity index (χ3n) is 5.18. The molecule has 0 atom stereocenters. The van der Waals surface area contributed by atoms with Gasteiger partial charge in [-0.3, -0.25) is 9.59 Å². The van der Waals surface area contributed by atoms with Gasteiger partial charge in [0.25, 0.3) is 11.8 Å². The lowest BCUT2D eigenvalue weighted by Gasteiger charge is -2.26. The molecule has 2 aromatic carbocycles. The highest BCUT2D eigenvalue weighted by Gasteiger charge is 2.26. The molecule has 1 N–H and O–H groups in total. The number of thiophene rings is 1. The summed E-state index contributed by atoms with van der Waals surface area (Å²) in [6.07, 6.45) is 0.981. The van der Waals surface area contributed by atoms with Gasteiger partial charge in [0.05, 0.1) is 9.90 Å². The zero-order chi connectivity index (χ0) is 21.3. The lowest BCUT2D eigenvalue weighted by Crippen LogP contribution is -2.34. The lowest BCUT2D eigenvalue weighted by atomic mass is 10.1. The monoisotopic (exact) mass is 436 g/mol. The first-order chi connectivity index (χ1) is 14.5. The zero-order valence-corrected chi connectivity index (χ0v) is 19.0. The van der Waals surface area contributed by atoms with E-state index in [-0.39, 0.29) is 11.8 Å². The minimum Gasteiger partial charge on any atom is -0.322 e. The number of nitrogens with one attached hydrogen (secondary N) is 1. The van der Waals surface area contributed by atoms with Crippen LogP contribution in [0.4, 0.5) is 11.4 Å². The standard InChI is InChI=1S/C24H24N2O2S2/c1-4-19-14-21-24(30-19)29-12-11-26(21)23(28)17-6-8-18(9-7-17)25-22(27)20-10-5-15(2)13-16(20)3/h5-10,13-14H,4,11-12H2,1-3H3,(H,25,27). The van der Waals surface area contributed by atoms with Gasteiger partial charge in [-0.2, -0.15) is 0 Å². The van der Waals surface area contributed by atoms with E-state index in [9.17, 15) is 9.59 Å². The molecule has 0 unspecified atom stereocenters. The minimum atomic E-state index is -0.144. The lowest BCUT2D eigenvalue weighted by molar-refractivity contribution is 0.0986. The average Bonchev–Trinajstić information content (AvgIpc) is 3.17. The van der Waals surface area contributed by atoms with Crippen LogP contribution in [0.3, 0.4) is 0 Å². The van der Waals surface area contributed by atoms with Crippen molar-refractivity contribution in [1.29, 1.82) is 0 Å². The number of thioether (sulfide) groups is 1. The van der Waals surface area contributed by atoms with Crippen LogP contribution >= 0.6 is 23.1 Å². The van der Waals surface area contributed by atoms with E-state index in [0.29, 0.717) is 23.4 Å². The average molecular weight is 437 g/mol. The fourth-order valence-electron chi connectivity index (χ4n) is 3.56. The van der Waals surface area contributed by atoms with Crippen LogP contribution in [0.5, 0.6) is 0 Å². The molecule has 0 radical (unpaired) electrons. The number of rotatable bonds is 4. The number of carbonyl (C=O) groups is 2. The second-order valence-corrected chi connectivity index (χ2v) is 9.89. The molecule has 0 saturated heterocycles. The van der Waals surface area contributed by atoms with E-state index in [2.05, 4.69) is 18.3 Å². The molecule has 1 aromatic heterocycles. The molecule has 30 heavy (non-hydrogen) atoms. The van der Waals surface area contributed by atoms with Crippen LogP contribution in [0, 0.1) is 13.8 Å². The molecule has 3 aromatic rings. The van der Waals surface area contributed by atoms with Crippen molar-refractivity contribution in [3.63, 3.8) is 0 Å². The number of nitrogens with zero attached hydrogens (tertiary/aromatic N) is 1. The Bertz CT molecular complexity index is 1100. The third-order valence-corrected chi connectivity index (χ3v) is 7.70. The highest BCUT2D eigenvalue weighted by Crippen LogP contribution is 2.42. The molecule has 0 bridgehead atoms. The van der Waals surface area contributed by atoms with Crippen molar-refractivity contribution < 1.29 is 9.59 Å². The molecule has 1 aliphatic rings. The zero-order valence-electron chi connectivity index (χ0n) is 17.3. The van der Waals surface area contributed by atoms with Crippen molar-refractivity contribution in [3.8, 4) is 0 Å². The molecule has 6 heteroatoms. The predicted octanol–water partition coefficient (Wildman–Crippen LogP) is 5.93. The van der Waals surface area contributed by atoms with Crippen molar-refractivity contribution in [2.45, 2.75) is 31.4 Å². The predicted molar refractivity (Wildman–Crippen MR) is 126 cm³/mol. The van der Waals surface area contributed by atoms with E-state index in [1.54, 1.807) is 35.6 Å². The van der Waals surface area contributed by atoms with Gasteiger partial charge in [0, 0.05) is 34.0 Å². The van der Waals surface area contributed by atoms with Gasteiger partial charge < -0.3 is 10.2 Å². The number of amides is 2. The van der Waals surface area contributed by atoms with E-state index in [1.165, 1.54) is 9.09 Å². The SMILES string of the molecule is CCc1cc2c(s1)SCCN2C(=O)c1ccc(NC(=O)c2ccc(C)cc2C)cc1. The van der Waals surface area contributed by atoms with Crippen molar-refractivity contribution >= 4 is 46.3 Å². The summed E-state index contributed by atoms with van der Waals surface area (Å²) in [5.74, 6) is 0.769. The van der Waals surface area contributed by atoms with E-state index in [0.717, 1.165) is 29.0 Å². The molecule has 0 aliphatic carbocycles. The van der Waals surface area contributed by atoms with Crippen LogP contribution in [0.2, 0.25) is 0 Å². The minimum absolute atomic E-state index is 0.00394. The molecule has 2 amide bonds. The smallest absolute Gasteiger partial charge is 0.258 e. The molecule has 4 rings (SSSR count). The van der Waals surface area contributed by atoms with E-state index >= 15 is 0 Å². The summed E-state index contributed by atoms with van der Waals surface area (Å²) < 4.78 is 1.23. The molecule has 4 nitrogen and oxygen atoms in total. The molecular formula is C24H24N2O2S2. The maximum atomic E-state index is 13.1. The summed E-state index contributed by atoms with van der Waals surface area (Å²) in [7, 11) is 0. The van der Waals surface area contributed by atoms with Crippen LogP contribution in [0.15, 0.2) is 52.7 Å². The van der Waals surface area contributed by atoms with Gasteiger partial charge in [-0.15, -0.1) is 23.1 Å². The summed E-state index contributed by atoms with van der Waals surface area (Å²) in [5.41, 5.74) is 5.06. The van der Waals surface area contributed by atoms with Crippen LogP contribution in [-0.2, 0) is 6.42 Å². The fraction of sp³-hybridized carbons (Fsp3) is 0.250. The van der Waals surface area contributed by atoms with Gasteiger partial charge in [0.15, 0.2) is 0 Å².